The molecule has 1 saturated heterocycles. The first-order valence-corrected chi connectivity index (χ1v) is 7.43. The summed E-state index contributed by atoms with van der Waals surface area (Å²) >= 11 is 0. The Morgan fingerprint density at radius 3 is 2.71 bits per heavy atom. The summed E-state index contributed by atoms with van der Waals surface area (Å²) in [6, 6.07) is 0.959. The van der Waals surface area contributed by atoms with Crippen LogP contribution in [0.2, 0.25) is 0 Å². The Kier molecular flexibility index (Phi) is 3.72. The molecule has 0 bridgehead atoms. The SMILES string of the molecule is CCC1CCC(C)N1c1nc(NC)nc(-n2ccnc2)n1. The first-order valence-electron chi connectivity index (χ1n) is 7.43. The van der Waals surface area contributed by atoms with E-state index in [1.807, 2.05) is 13.2 Å². The Labute approximate surface area is 124 Å². The molecule has 21 heavy (non-hydrogen) atoms. The van der Waals surface area contributed by atoms with Crippen LogP contribution in [0.4, 0.5) is 11.9 Å². The van der Waals surface area contributed by atoms with E-state index in [0.717, 1.165) is 12.4 Å². The average molecular weight is 287 g/mol. The van der Waals surface area contributed by atoms with Crippen molar-refractivity contribution in [3.63, 3.8) is 0 Å². The molecule has 7 nitrogen and oxygen atoms in total. The largest absolute Gasteiger partial charge is 0.357 e. The van der Waals surface area contributed by atoms with Crippen LogP contribution in [-0.4, -0.2) is 43.6 Å². The zero-order chi connectivity index (χ0) is 14.8. The van der Waals surface area contributed by atoms with Crippen LogP contribution in [-0.2, 0) is 0 Å². The fraction of sp³-hybridized carbons (Fsp3) is 0.571. The first kappa shape index (κ1) is 13.8. The molecule has 0 amide bonds. The highest BCUT2D eigenvalue weighted by Gasteiger charge is 2.32. The van der Waals surface area contributed by atoms with Gasteiger partial charge in [-0.2, -0.15) is 15.0 Å². The van der Waals surface area contributed by atoms with Crippen LogP contribution in [0, 0.1) is 0 Å². The minimum absolute atomic E-state index is 0.456. The van der Waals surface area contributed by atoms with Crippen molar-refractivity contribution < 1.29 is 0 Å². The number of hydrogen-bond acceptors (Lipinski definition) is 6. The third kappa shape index (κ3) is 2.55. The summed E-state index contributed by atoms with van der Waals surface area (Å²) in [5.41, 5.74) is 0. The van der Waals surface area contributed by atoms with Gasteiger partial charge in [-0.3, -0.25) is 4.57 Å². The maximum absolute atomic E-state index is 4.64. The van der Waals surface area contributed by atoms with E-state index in [1.165, 1.54) is 12.8 Å². The van der Waals surface area contributed by atoms with Gasteiger partial charge in [0, 0.05) is 31.5 Å². The summed E-state index contributed by atoms with van der Waals surface area (Å²) in [6.45, 7) is 4.45. The number of anilines is 2. The molecular formula is C14H21N7. The second kappa shape index (κ2) is 5.67. The summed E-state index contributed by atoms with van der Waals surface area (Å²) in [6.07, 6.45) is 8.73. The molecule has 2 atom stereocenters. The van der Waals surface area contributed by atoms with Gasteiger partial charge < -0.3 is 10.2 Å². The third-order valence-electron chi connectivity index (χ3n) is 4.06. The van der Waals surface area contributed by atoms with E-state index in [0.29, 0.717) is 24.0 Å². The van der Waals surface area contributed by atoms with Gasteiger partial charge in [-0.15, -0.1) is 0 Å². The molecule has 1 fully saturated rings. The van der Waals surface area contributed by atoms with Gasteiger partial charge >= 0.3 is 0 Å². The maximum Gasteiger partial charge on any atom is 0.241 e. The van der Waals surface area contributed by atoms with Crippen molar-refractivity contribution in [1.82, 2.24) is 24.5 Å². The molecule has 2 unspecified atom stereocenters. The van der Waals surface area contributed by atoms with E-state index < -0.39 is 0 Å². The van der Waals surface area contributed by atoms with Crippen molar-refractivity contribution in [3.8, 4) is 5.95 Å². The van der Waals surface area contributed by atoms with Crippen LogP contribution in [0.1, 0.15) is 33.1 Å². The van der Waals surface area contributed by atoms with Crippen LogP contribution in [0.5, 0.6) is 0 Å². The van der Waals surface area contributed by atoms with Gasteiger partial charge in [0.25, 0.3) is 0 Å². The maximum atomic E-state index is 4.64. The predicted octanol–water partition coefficient (Wildman–Crippen LogP) is 1.87. The summed E-state index contributed by atoms with van der Waals surface area (Å²) < 4.78 is 1.80. The van der Waals surface area contributed by atoms with Gasteiger partial charge in [-0.1, -0.05) is 6.92 Å². The Bertz CT molecular complexity index is 595. The molecule has 112 valence electrons. The molecule has 7 heteroatoms. The Morgan fingerprint density at radius 1 is 1.24 bits per heavy atom. The van der Waals surface area contributed by atoms with E-state index in [-0.39, 0.29) is 0 Å². The highest BCUT2D eigenvalue weighted by atomic mass is 15.4. The number of nitrogens with zero attached hydrogens (tertiary/aromatic N) is 6. The van der Waals surface area contributed by atoms with E-state index in [1.54, 1.807) is 17.1 Å². The van der Waals surface area contributed by atoms with Crippen molar-refractivity contribution in [2.45, 2.75) is 45.2 Å². The molecule has 3 heterocycles. The average Bonchev–Trinajstić information content (AvgIpc) is 3.15. The predicted molar refractivity (Wildman–Crippen MR) is 81.7 cm³/mol. The Balaban J connectivity index is 2.03. The van der Waals surface area contributed by atoms with E-state index in [2.05, 4.69) is 44.0 Å². The molecule has 2 aromatic heterocycles. The van der Waals surface area contributed by atoms with Gasteiger partial charge in [-0.05, 0) is 26.2 Å². The van der Waals surface area contributed by atoms with Gasteiger partial charge in [-0.25, -0.2) is 4.98 Å². The standard InChI is InChI=1S/C14H21N7/c1-4-11-6-5-10(2)21(11)14-18-12(15-3)17-13(19-14)20-8-7-16-9-20/h7-11H,4-6H2,1-3H3,(H,15,17,18,19). The molecule has 1 aliphatic rings. The quantitative estimate of drug-likeness (QED) is 0.925. The molecular weight excluding hydrogens is 266 g/mol. The van der Waals surface area contributed by atoms with Gasteiger partial charge in [0.2, 0.25) is 17.8 Å². The van der Waals surface area contributed by atoms with Crippen molar-refractivity contribution in [1.29, 1.82) is 0 Å². The number of rotatable bonds is 4. The first-order chi connectivity index (χ1) is 10.2. The lowest BCUT2D eigenvalue weighted by Crippen LogP contribution is -2.36. The van der Waals surface area contributed by atoms with Crippen LogP contribution < -0.4 is 10.2 Å². The molecule has 1 aliphatic heterocycles. The molecule has 0 spiro atoms. The highest BCUT2D eigenvalue weighted by Crippen LogP contribution is 2.30. The lowest BCUT2D eigenvalue weighted by molar-refractivity contribution is 0.610. The van der Waals surface area contributed by atoms with Crippen LogP contribution in [0.3, 0.4) is 0 Å². The van der Waals surface area contributed by atoms with E-state index in [9.17, 15) is 0 Å². The summed E-state index contributed by atoms with van der Waals surface area (Å²) in [4.78, 5) is 20.0. The molecule has 0 saturated carbocycles. The number of aromatic nitrogens is 5. The smallest absolute Gasteiger partial charge is 0.241 e. The number of imidazole rings is 1. The van der Waals surface area contributed by atoms with Crippen LogP contribution in [0.25, 0.3) is 5.95 Å². The second-order valence-corrected chi connectivity index (χ2v) is 5.37. The molecule has 3 rings (SSSR count). The van der Waals surface area contributed by atoms with Gasteiger partial charge in [0.15, 0.2) is 0 Å². The second-order valence-electron chi connectivity index (χ2n) is 5.37. The summed E-state index contributed by atoms with van der Waals surface area (Å²) in [5.74, 6) is 1.92. The van der Waals surface area contributed by atoms with Gasteiger partial charge in [0.1, 0.15) is 6.33 Å². The van der Waals surface area contributed by atoms with Crippen molar-refractivity contribution in [3.05, 3.63) is 18.7 Å². The van der Waals surface area contributed by atoms with Crippen LogP contribution in [0.15, 0.2) is 18.7 Å². The number of nitrogens with one attached hydrogen (secondary N) is 1. The van der Waals surface area contributed by atoms with Gasteiger partial charge in [0.05, 0.1) is 0 Å². The Hall–Kier alpha value is -2.18. The fourth-order valence-corrected chi connectivity index (χ4v) is 2.91. The van der Waals surface area contributed by atoms with Crippen molar-refractivity contribution in [2.75, 3.05) is 17.3 Å². The normalized spacial score (nSPS) is 21.8. The molecule has 1 N–H and O–H groups in total. The monoisotopic (exact) mass is 287 g/mol. The minimum atomic E-state index is 0.456. The molecule has 2 aromatic rings. The molecule has 0 aliphatic carbocycles. The van der Waals surface area contributed by atoms with Crippen LogP contribution >= 0.6 is 0 Å². The van der Waals surface area contributed by atoms with E-state index >= 15 is 0 Å². The molecule has 0 radical (unpaired) electrons. The highest BCUT2D eigenvalue weighted by molar-refractivity contribution is 5.42. The lowest BCUT2D eigenvalue weighted by Gasteiger charge is -2.28. The molecule has 0 aromatic carbocycles. The van der Waals surface area contributed by atoms with Crippen molar-refractivity contribution in [2.24, 2.45) is 0 Å². The number of hydrogen-bond donors (Lipinski definition) is 1. The lowest BCUT2D eigenvalue weighted by atomic mass is 10.2. The zero-order valence-corrected chi connectivity index (χ0v) is 12.7. The fourth-order valence-electron chi connectivity index (χ4n) is 2.91. The topological polar surface area (TPSA) is 71.8 Å². The Morgan fingerprint density at radius 2 is 2.05 bits per heavy atom. The van der Waals surface area contributed by atoms with E-state index in [4.69, 9.17) is 0 Å². The van der Waals surface area contributed by atoms with Crippen molar-refractivity contribution >= 4 is 11.9 Å². The zero-order valence-electron chi connectivity index (χ0n) is 12.7. The minimum Gasteiger partial charge on any atom is -0.357 e. The summed E-state index contributed by atoms with van der Waals surface area (Å²) in [5, 5.41) is 3.02. The summed E-state index contributed by atoms with van der Waals surface area (Å²) in [7, 11) is 1.82. The third-order valence-corrected chi connectivity index (χ3v) is 4.06.